The Hall–Kier alpha value is -1.42. The van der Waals surface area contributed by atoms with Crippen LogP contribution in [0.3, 0.4) is 0 Å². The fourth-order valence-corrected chi connectivity index (χ4v) is 3.43. The number of carbonyl (C=O) groups is 1. The van der Waals surface area contributed by atoms with E-state index in [0.717, 1.165) is 32.1 Å². The molecule has 1 aliphatic rings. The van der Waals surface area contributed by atoms with Crippen molar-refractivity contribution in [1.29, 1.82) is 0 Å². The maximum atomic E-state index is 13.5. The van der Waals surface area contributed by atoms with Crippen molar-refractivity contribution >= 4 is 11.6 Å². The SMILES string of the molecule is CC(C)CC1(C(=O)Nc2ccc(F)c(CN)c2)CCCC1. The number of carbonyl (C=O) groups excluding carboxylic acids is 1. The highest BCUT2D eigenvalue weighted by molar-refractivity contribution is 5.95. The van der Waals surface area contributed by atoms with Crippen LogP contribution in [0.2, 0.25) is 0 Å². The van der Waals surface area contributed by atoms with Gasteiger partial charge in [-0.05, 0) is 43.4 Å². The molecule has 116 valence electrons. The molecule has 4 heteroatoms. The summed E-state index contributed by atoms with van der Waals surface area (Å²) in [5.74, 6) is 0.234. The van der Waals surface area contributed by atoms with E-state index in [4.69, 9.17) is 5.73 Å². The molecule has 21 heavy (non-hydrogen) atoms. The third-order valence-corrected chi connectivity index (χ3v) is 4.36. The van der Waals surface area contributed by atoms with Gasteiger partial charge in [-0.25, -0.2) is 4.39 Å². The van der Waals surface area contributed by atoms with E-state index in [-0.39, 0.29) is 23.7 Å². The highest BCUT2D eigenvalue weighted by Crippen LogP contribution is 2.44. The number of rotatable bonds is 5. The third kappa shape index (κ3) is 3.62. The highest BCUT2D eigenvalue weighted by Gasteiger charge is 2.41. The summed E-state index contributed by atoms with van der Waals surface area (Å²) in [6, 6.07) is 4.59. The molecule has 0 aromatic heterocycles. The highest BCUT2D eigenvalue weighted by atomic mass is 19.1. The van der Waals surface area contributed by atoms with Gasteiger partial charge in [0.15, 0.2) is 0 Å². The fourth-order valence-electron chi connectivity index (χ4n) is 3.43. The quantitative estimate of drug-likeness (QED) is 0.866. The summed E-state index contributed by atoms with van der Waals surface area (Å²) in [5, 5.41) is 2.97. The van der Waals surface area contributed by atoms with Crippen molar-refractivity contribution in [2.45, 2.75) is 52.5 Å². The maximum Gasteiger partial charge on any atom is 0.230 e. The van der Waals surface area contributed by atoms with E-state index in [9.17, 15) is 9.18 Å². The molecular formula is C17H25FN2O. The summed E-state index contributed by atoms with van der Waals surface area (Å²) in [6.45, 7) is 4.43. The molecule has 1 amide bonds. The lowest BCUT2D eigenvalue weighted by molar-refractivity contribution is -0.126. The van der Waals surface area contributed by atoms with Gasteiger partial charge in [-0.2, -0.15) is 0 Å². The van der Waals surface area contributed by atoms with Crippen LogP contribution in [0.1, 0.15) is 51.5 Å². The normalized spacial score (nSPS) is 17.2. The van der Waals surface area contributed by atoms with Gasteiger partial charge in [-0.1, -0.05) is 26.7 Å². The summed E-state index contributed by atoms with van der Waals surface area (Å²) in [6.07, 6.45) is 5.02. The molecule has 0 bridgehead atoms. The predicted octanol–water partition coefficient (Wildman–Crippen LogP) is 3.83. The molecule has 0 saturated heterocycles. The molecule has 0 radical (unpaired) electrons. The Morgan fingerprint density at radius 3 is 2.62 bits per heavy atom. The van der Waals surface area contributed by atoms with Crippen molar-refractivity contribution in [1.82, 2.24) is 0 Å². The van der Waals surface area contributed by atoms with Crippen LogP contribution in [0.15, 0.2) is 18.2 Å². The number of anilines is 1. The Morgan fingerprint density at radius 2 is 2.05 bits per heavy atom. The average molecular weight is 292 g/mol. The van der Waals surface area contributed by atoms with E-state index in [1.165, 1.54) is 6.07 Å². The van der Waals surface area contributed by atoms with Crippen molar-refractivity contribution < 1.29 is 9.18 Å². The number of nitrogens with one attached hydrogen (secondary N) is 1. The summed E-state index contributed by atoms with van der Waals surface area (Å²) >= 11 is 0. The Bertz CT molecular complexity index is 508. The number of nitrogens with two attached hydrogens (primary N) is 1. The van der Waals surface area contributed by atoms with Crippen molar-refractivity contribution in [3.63, 3.8) is 0 Å². The zero-order valence-electron chi connectivity index (χ0n) is 12.9. The number of amides is 1. The van der Waals surface area contributed by atoms with E-state index in [2.05, 4.69) is 19.2 Å². The van der Waals surface area contributed by atoms with Crippen molar-refractivity contribution in [2.75, 3.05) is 5.32 Å². The number of hydrogen-bond acceptors (Lipinski definition) is 2. The Morgan fingerprint density at radius 1 is 1.38 bits per heavy atom. The summed E-state index contributed by atoms with van der Waals surface area (Å²) < 4.78 is 13.5. The van der Waals surface area contributed by atoms with Crippen LogP contribution in [-0.2, 0) is 11.3 Å². The molecule has 0 spiro atoms. The van der Waals surface area contributed by atoms with Gasteiger partial charge in [0.25, 0.3) is 0 Å². The van der Waals surface area contributed by atoms with E-state index >= 15 is 0 Å². The lowest BCUT2D eigenvalue weighted by Crippen LogP contribution is -2.35. The molecule has 3 N–H and O–H groups in total. The van der Waals surface area contributed by atoms with Gasteiger partial charge in [0, 0.05) is 23.2 Å². The van der Waals surface area contributed by atoms with Crippen molar-refractivity contribution in [3.8, 4) is 0 Å². The molecule has 1 saturated carbocycles. The van der Waals surface area contributed by atoms with Gasteiger partial charge in [-0.3, -0.25) is 4.79 Å². The fraction of sp³-hybridized carbons (Fsp3) is 0.588. The zero-order valence-corrected chi connectivity index (χ0v) is 12.9. The Labute approximate surface area is 126 Å². The molecule has 3 nitrogen and oxygen atoms in total. The molecule has 0 unspecified atom stereocenters. The average Bonchev–Trinajstić information content (AvgIpc) is 2.89. The van der Waals surface area contributed by atoms with Crippen molar-refractivity contribution in [3.05, 3.63) is 29.6 Å². The van der Waals surface area contributed by atoms with Crippen LogP contribution in [-0.4, -0.2) is 5.91 Å². The monoisotopic (exact) mass is 292 g/mol. The molecule has 1 aromatic rings. The first kappa shape index (κ1) is 16.0. The van der Waals surface area contributed by atoms with Crippen LogP contribution in [0, 0.1) is 17.2 Å². The van der Waals surface area contributed by atoms with Crippen molar-refractivity contribution in [2.24, 2.45) is 17.1 Å². The number of benzene rings is 1. The summed E-state index contributed by atoms with van der Waals surface area (Å²) in [4.78, 5) is 12.7. The van der Waals surface area contributed by atoms with Gasteiger partial charge in [-0.15, -0.1) is 0 Å². The molecular weight excluding hydrogens is 267 g/mol. The Kier molecular flexibility index (Phi) is 4.99. The molecule has 2 rings (SSSR count). The smallest absolute Gasteiger partial charge is 0.230 e. The standard InChI is InChI=1S/C17H25FN2O/c1-12(2)10-17(7-3-4-8-17)16(21)20-14-5-6-15(18)13(9-14)11-19/h5-6,9,12H,3-4,7-8,10-11,19H2,1-2H3,(H,20,21). The predicted molar refractivity (Wildman–Crippen MR) is 83.3 cm³/mol. The topological polar surface area (TPSA) is 55.1 Å². The Balaban J connectivity index is 2.15. The van der Waals surface area contributed by atoms with E-state index < -0.39 is 0 Å². The minimum atomic E-state index is -0.326. The van der Waals surface area contributed by atoms with Crippen LogP contribution in [0.25, 0.3) is 0 Å². The first-order valence-electron chi connectivity index (χ1n) is 7.77. The van der Waals surface area contributed by atoms with E-state index in [1.54, 1.807) is 12.1 Å². The molecule has 0 aliphatic heterocycles. The minimum Gasteiger partial charge on any atom is -0.326 e. The van der Waals surface area contributed by atoms with Gasteiger partial charge in [0.2, 0.25) is 5.91 Å². The molecule has 1 aromatic carbocycles. The van der Waals surface area contributed by atoms with Gasteiger partial charge in [0.1, 0.15) is 5.82 Å². The van der Waals surface area contributed by atoms with Gasteiger partial charge in [0.05, 0.1) is 0 Å². The summed E-state index contributed by atoms with van der Waals surface area (Å²) in [7, 11) is 0. The lowest BCUT2D eigenvalue weighted by Gasteiger charge is -2.29. The third-order valence-electron chi connectivity index (χ3n) is 4.36. The van der Waals surface area contributed by atoms with Crippen LogP contribution >= 0.6 is 0 Å². The number of halogens is 1. The molecule has 1 aliphatic carbocycles. The second-order valence-electron chi connectivity index (χ2n) is 6.55. The van der Waals surface area contributed by atoms with E-state index in [0.29, 0.717) is 17.2 Å². The largest absolute Gasteiger partial charge is 0.326 e. The second kappa shape index (κ2) is 6.56. The maximum absolute atomic E-state index is 13.5. The van der Waals surface area contributed by atoms with E-state index in [1.807, 2.05) is 0 Å². The first-order valence-corrected chi connectivity index (χ1v) is 7.77. The minimum absolute atomic E-state index is 0.0725. The van der Waals surface area contributed by atoms with Gasteiger partial charge >= 0.3 is 0 Å². The second-order valence-corrected chi connectivity index (χ2v) is 6.55. The summed E-state index contributed by atoms with van der Waals surface area (Å²) in [5.41, 5.74) is 6.32. The van der Waals surface area contributed by atoms with Crippen LogP contribution in [0.5, 0.6) is 0 Å². The van der Waals surface area contributed by atoms with Crippen LogP contribution in [0.4, 0.5) is 10.1 Å². The molecule has 0 heterocycles. The lowest BCUT2D eigenvalue weighted by atomic mass is 9.77. The molecule has 1 fully saturated rings. The van der Waals surface area contributed by atoms with Crippen LogP contribution < -0.4 is 11.1 Å². The number of hydrogen-bond donors (Lipinski definition) is 2. The van der Waals surface area contributed by atoms with Gasteiger partial charge < -0.3 is 11.1 Å². The first-order chi connectivity index (χ1) is 9.97. The molecule has 0 atom stereocenters. The zero-order chi connectivity index (χ0) is 15.5.